The number of fused-ring (bicyclic) bond motifs is 1. The van der Waals surface area contributed by atoms with Crippen LogP contribution in [-0.4, -0.2) is 20.9 Å². The van der Waals surface area contributed by atoms with Gasteiger partial charge in [0.2, 0.25) is 0 Å². The average molecular weight is 281 g/mol. The molecule has 1 aliphatic rings. The van der Waals surface area contributed by atoms with Crippen LogP contribution in [-0.2, 0) is 6.42 Å². The lowest BCUT2D eigenvalue weighted by Crippen LogP contribution is -2.36. The Morgan fingerprint density at radius 2 is 1.81 bits per heavy atom. The molecule has 3 aromatic rings. The van der Waals surface area contributed by atoms with Crippen molar-refractivity contribution >= 4 is 10.8 Å². The van der Waals surface area contributed by atoms with Gasteiger partial charge in [-0.05, 0) is 11.5 Å². The summed E-state index contributed by atoms with van der Waals surface area (Å²) < 4.78 is 2.03. The van der Waals surface area contributed by atoms with Crippen molar-refractivity contribution in [3.63, 3.8) is 0 Å². The van der Waals surface area contributed by atoms with E-state index >= 15 is 0 Å². The van der Waals surface area contributed by atoms with Gasteiger partial charge in [0.05, 0.1) is 11.9 Å². The van der Waals surface area contributed by atoms with E-state index in [1.807, 2.05) is 16.7 Å². The third-order valence-electron chi connectivity index (χ3n) is 3.59. The Labute approximate surface area is 121 Å². The predicted molar refractivity (Wildman–Crippen MR) is 78.9 cm³/mol. The zero-order valence-corrected chi connectivity index (χ0v) is 11.2. The summed E-state index contributed by atoms with van der Waals surface area (Å²) in [5, 5.41) is 10.7. The molecule has 2 aromatic carbocycles. The van der Waals surface area contributed by atoms with Crippen LogP contribution in [0.1, 0.15) is 5.82 Å². The van der Waals surface area contributed by atoms with Gasteiger partial charge in [-0.25, -0.2) is 10.9 Å². The van der Waals surface area contributed by atoms with Crippen molar-refractivity contribution in [3.8, 4) is 5.69 Å². The SMILES string of the molecule is c1ccc2c(-n3cnnc3CC3NNNN3)cccc2c1. The molecule has 4 N–H and O–H groups in total. The standard InChI is InChI=1S/C14H15N7/c1-2-6-11-10(4-1)5-3-7-12(11)21-9-15-18-14(21)8-13-16-19-20-17-13/h1-7,9,13,16-17,19-20H,8H2. The number of aromatic nitrogens is 3. The third kappa shape index (κ3) is 2.28. The second-order valence-corrected chi connectivity index (χ2v) is 4.91. The summed E-state index contributed by atoms with van der Waals surface area (Å²) in [6.07, 6.45) is 2.51. The Morgan fingerprint density at radius 1 is 1.00 bits per heavy atom. The highest BCUT2D eigenvalue weighted by atomic mass is 15.8. The number of hydrogen-bond donors (Lipinski definition) is 4. The smallest absolute Gasteiger partial charge is 0.140 e. The monoisotopic (exact) mass is 281 g/mol. The summed E-state index contributed by atoms with van der Waals surface area (Å²) in [6.45, 7) is 0. The molecule has 1 fully saturated rings. The first-order valence-corrected chi connectivity index (χ1v) is 6.80. The van der Waals surface area contributed by atoms with E-state index in [0.29, 0.717) is 6.42 Å². The summed E-state index contributed by atoms with van der Waals surface area (Å²) in [5.74, 6) is 0.891. The van der Waals surface area contributed by atoms with Crippen molar-refractivity contribution in [2.24, 2.45) is 0 Å². The maximum absolute atomic E-state index is 4.24. The molecule has 7 nitrogen and oxygen atoms in total. The topological polar surface area (TPSA) is 78.8 Å². The van der Waals surface area contributed by atoms with Gasteiger partial charge in [-0.1, -0.05) is 36.4 Å². The fourth-order valence-corrected chi connectivity index (χ4v) is 2.58. The lowest BCUT2D eigenvalue weighted by molar-refractivity contribution is 0.507. The van der Waals surface area contributed by atoms with E-state index in [4.69, 9.17) is 0 Å². The fourth-order valence-electron chi connectivity index (χ4n) is 2.58. The highest BCUT2D eigenvalue weighted by Crippen LogP contribution is 2.22. The highest BCUT2D eigenvalue weighted by molar-refractivity contribution is 5.90. The normalized spacial score (nSPS) is 15.8. The van der Waals surface area contributed by atoms with Gasteiger partial charge in [0.1, 0.15) is 12.2 Å². The molecule has 1 saturated heterocycles. The maximum Gasteiger partial charge on any atom is 0.140 e. The Kier molecular flexibility index (Phi) is 3.09. The summed E-state index contributed by atoms with van der Waals surface area (Å²) >= 11 is 0. The van der Waals surface area contributed by atoms with Crippen molar-refractivity contribution < 1.29 is 0 Å². The summed E-state index contributed by atoms with van der Waals surface area (Å²) in [5.41, 5.74) is 12.8. The molecule has 106 valence electrons. The van der Waals surface area contributed by atoms with Crippen molar-refractivity contribution in [1.82, 2.24) is 36.7 Å². The van der Waals surface area contributed by atoms with Crippen molar-refractivity contribution in [3.05, 3.63) is 54.6 Å². The van der Waals surface area contributed by atoms with E-state index in [2.05, 4.69) is 62.5 Å². The molecule has 21 heavy (non-hydrogen) atoms. The third-order valence-corrected chi connectivity index (χ3v) is 3.59. The van der Waals surface area contributed by atoms with Gasteiger partial charge >= 0.3 is 0 Å². The van der Waals surface area contributed by atoms with Crippen molar-refractivity contribution in [1.29, 1.82) is 0 Å². The molecular weight excluding hydrogens is 266 g/mol. The molecule has 1 aliphatic heterocycles. The lowest BCUT2D eigenvalue weighted by Gasteiger charge is -2.12. The summed E-state index contributed by atoms with van der Waals surface area (Å²) in [6, 6.07) is 14.6. The van der Waals surface area contributed by atoms with Crippen LogP contribution in [0.5, 0.6) is 0 Å². The second-order valence-electron chi connectivity index (χ2n) is 4.91. The van der Waals surface area contributed by atoms with Gasteiger partial charge < -0.3 is 0 Å². The number of nitrogens with one attached hydrogen (secondary N) is 4. The minimum Gasteiger partial charge on any atom is -0.285 e. The van der Waals surface area contributed by atoms with E-state index in [1.54, 1.807) is 6.33 Å². The largest absolute Gasteiger partial charge is 0.285 e. The molecule has 2 heterocycles. The molecule has 0 unspecified atom stereocenters. The highest BCUT2D eigenvalue weighted by Gasteiger charge is 2.17. The van der Waals surface area contributed by atoms with Gasteiger partial charge in [0.25, 0.3) is 0 Å². The van der Waals surface area contributed by atoms with Crippen LogP contribution < -0.4 is 21.9 Å². The zero-order chi connectivity index (χ0) is 14.1. The average Bonchev–Trinajstić information content (AvgIpc) is 3.19. The van der Waals surface area contributed by atoms with Gasteiger partial charge in [0, 0.05) is 11.8 Å². The molecule has 0 saturated carbocycles. The zero-order valence-electron chi connectivity index (χ0n) is 11.2. The van der Waals surface area contributed by atoms with Crippen LogP contribution in [0.4, 0.5) is 0 Å². The number of hydrazine groups is 3. The van der Waals surface area contributed by atoms with Gasteiger partial charge in [-0.15, -0.1) is 10.2 Å². The number of benzene rings is 2. The minimum absolute atomic E-state index is 0.0583. The quantitative estimate of drug-likeness (QED) is 0.557. The van der Waals surface area contributed by atoms with Crippen LogP contribution in [0.2, 0.25) is 0 Å². The van der Waals surface area contributed by atoms with Gasteiger partial charge in [0.15, 0.2) is 0 Å². The Morgan fingerprint density at radius 3 is 2.71 bits per heavy atom. The van der Waals surface area contributed by atoms with Crippen molar-refractivity contribution in [2.75, 3.05) is 0 Å². The molecule has 0 aliphatic carbocycles. The predicted octanol–water partition coefficient (Wildman–Crippen LogP) is 0.406. The van der Waals surface area contributed by atoms with Crippen LogP contribution in [0.3, 0.4) is 0 Å². The Bertz CT molecular complexity index is 755. The van der Waals surface area contributed by atoms with Crippen LogP contribution in [0.15, 0.2) is 48.8 Å². The van der Waals surface area contributed by atoms with E-state index in [0.717, 1.165) is 11.5 Å². The van der Waals surface area contributed by atoms with Gasteiger partial charge in [-0.2, -0.15) is 11.1 Å². The molecule has 0 atom stereocenters. The first-order chi connectivity index (χ1) is 10.4. The fraction of sp³-hybridized carbons (Fsp3) is 0.143. The molecule has 7 heteroatoms. The Balaban J connectivity index is 1.77. The van der Waals surface area contributed by atoms with E-state index < -0.39 is 0 Å². The first-order valence-electron chi connectivity index (χ1n) is 6.80. The first kappa shape index (κ1) is 12.4. The lowest BCUT2D eigenvalue weighted by atomic mass is 10.1. The summed E-state index contributed by atoms with van der Waals surface area (Å²) in [4.78, 5) is 0. The molecule has 4 rings (SSSR count). The number of hydrogen-bond acceptors (Lipinski definition) is 6. The van der Waals surface area contributed by atoms with Gasteiger partial charge in [-0.3, -0.25) is 4.57 Å². The maximum atomic E-state index is 4.24. The minimum atomic E-state index is 0.0583. The van der Waals surface area contributed by atoms with Crippen molar-refractivity contribution in [2.45, 2.75) is 12.6 Å². The number of nitrogens with zero attached hydrogens (tertiary/aromatic N) is 3. The molecule has 0 spiro atoms. The second kappa shape index (κ2) is 5.23. The molecule has 0 radical (unpaired) electrons. The van der Waals surface area contributed by atoms with Crippen LogP contribution in [0.25, 0.3) is 16.5 Å². The van der Waals surface area contributed by atoms with E-state index in [-0.39, 0.29) is 6.17 Å². The molecular formula is C14H15N7. The molecule has 1 aromatic heterocycles. The van der Waals surface area contributed by atoms with Crippen LogP contribution >= 0.6 is 0 Å². The van der Waals surface area contributed by atoms with E-state index in [1.165, 1.54) is 10.8 Å². The van der Waals surface area contributed by atoms with E-state index in [9.17, 15) is 0 Å². The molecule has 0 amide bonds. The number of rotatable bonds is 3. The van der Waals surface area contributed by atoms with Crippen LogP contribution in [0, 0.1) is 0 Å². The summed E-state index contributed by atoms with van der Waals surface area (Å²) in [7, 11) is 0. The Hall–Kier alpha value is -2.32. The molecule has 0 bridgehead atoms.